The number of benzene rings is 1. The van der Waals surface area contributed by atoms with Crippen molar-refractivity contribution >= 4 is 21.8 Å². The first-order chi connectivity index (χ1) is 8.65. The highest BCUT2D eigenvalue weighted by atomic mass is 79.9. The van der Waals surface area contributed by atoms with E-state index in [1.807, 2.05) is 29.2 Å². The lowest BCUT2D eigenvalue weighted by molar-refractivity contribution is 0.0531. The fourth-order valence-corrected chi connectivity index (χ4v) is 3.10. The molecule has 1 heterocycles. The second-order valence-electron chi connectivity index (χ2n) is 4.90. The Morgan fingerprint density at radius 1 is 1.50 bits per heavy atom. The third-order valence-corrected chi connectivity index (χ3v) is 4.41. The average molecular weight is 311 g/mol. The summed E-state index contributed by atoms with van der Waals surface area (Å²) in [7, 11) is 0. The van der Waals surface area contributed by atoms with Crippen LogP contribution in [0.25, 0.3) is 0 Å². The summed E-state index contributed by atoms with van der Waals surface area (Å²) in [4.78, 5) is 14.5. The van der Waals surface area contributed by atoms with Crippen molar-refractivity contribution in [3.05, 3.63) is 34.3 Å². The highest BCUT2D eigenvalue weighted by Gasteiger charge is 2.31. The van der Waals surface area contributed by atoms with E-state index in [1.165, 1.54) is 0 Å². The molecule has 3 nitrogen and oxygen atoms in total. The Morgan fingerprint density at radius 3 is 2.89 bits per heavy atom. The van der Waals surface area contributed by atoms with E-state index < -0.39 is 0 Å². The van der Waals surface area contributed by atoms with Crippen LogP contribution in [0.4, 0.5) is 0 Å². The Balaban J connectivity index is 2.25. The van der Waals surface area contributed by atoms with Crippen LogP contribution in [-0.2, 0) is 0 Å². The van der Waals surface area contributed by atoms with Crippen molar-refractivity contribution in [1.29, 1.82) is 0 Å². The number of nitrogens with two attached hydrogens (primary N) is 1. The molecule has 0 aromatic heterocycles. The smallest absolute Gasteiger partial charge is 0.255 e. The van der Waals surface area contributed by atoms with Gasteiger partial charge in [0.05, 0.1) is 5.56 Å². The number of hydrogen-bond acceptors (Lipinski definition) is 2. The Morgan fingerprint density at radius 2 is 2.22 bits per heavy atom. The van der Waals surface area contributed by atoms with Crippen molar-refractivity contribution < 1.29 is 4.79 Å². The first-order valence-corrected chi connectivity index (χ1v) is 7.20. The standard InChI is InChI=1S/C14H19BrN2O/c1-10-5-4-8-17(13(10)9-16)14(18)11-6-2-3-7-12(11)15/h2-3,6-7,10,13H,4-5,8-9,16H2,1H3/t10-,13-/m1/s1. The van der Waals surface area contributed by atoms with Gasteiger partial charge in [0.1, 0.15) is 0 Å². The predicted molar refractivity (Wildman–Crippen MR) is 76.4 cm³/mol. The van der Waals surface area contributed by atoms with Crippen LogP contribution in [0.15, 0.2) is 28.7 Å². The zero-order valence-corrected chi connectivity index (χ0v) is 12.2. The van der Waals surface area contributed by atoms with E-state index in [4.69, 9.17) is 5.73 Å². The number of likely N-dealkylation sites (tertiary alicyclic amines) is 1. The highest BCUT2D eigenvalue weighted by Crippen LogP contribution is 2.26. The van der Waals surface area contributed by atoms with Crippen LogP contribution in [0.3, 0.4) is 0 Å². The minimum absolute atomic E-state index is 0.0875. The molecule has 1 aliphatic heterocycles. The van der Waals surface area contributed by atoms with Crippen molar-refractivity contribution in [2.45, 2.75) is 25.8 Å². The van der Waals surface area contributed by atoms with Crippen molar-refractivity contribution in [1.82, 2.24) is 4.90 Å². The zero-order valence-electron chi connectivity index (χ0n) is 10.6. The van der Waals surface area contributed by atoms with Crippen LogP contribution in [0, 0.1) is 5.92 Å². The van der Waals surface area contributed by atoms with E-state index in [0.717, 1.165) is 29.4 Å². The molecule has 0 radical (unpaired) electrons. The average Bonchev–Trinajstić information content (AvgIpc) is 2.38. The van der Waals surface area contributed by atoms with Crippen LogP contribution in [0.1, 0.15) is 30.1 Å². The summed E-state index contributed by atoms with van der Waals surface area (Å²) < 4.78 is 0.851. The lowest BCUT2D eigenvalue weighted by atomic mass is 9.90. The SMILES string of the molecule is C[C@@H]1CCCN(C(=O)c2ccccc2Br)[C@@H]1CN. The number of halogens is 1. The van der Waals surface area contributed by atoms with E-state index in [0.29, 0.717) is 12.5 Å². The normalized spacial score (nSPS) is 24.1. The van der Waals surface area contributed by atoms with Gasteiger partial charge in [0.25, 0.3) is 5.91 Å². The fraction of sp³-hybridized carbons (Fsp3) is 0.500. The molecule has 1 aliphatic rings. The number of amides is 1. The molecular weight excluding hydrogens is 292 g/mol. The van der Waals surface area contributed by atoms with Crippen LogP contribution in [0.5, 0.6) is 0 Å². The molecule has 0 bridgehead atoms. The van der Waals surface area contributed by atoms with Crippen molar-refractivity contribution in [3.8, 4) is 0 Å². The van der Waals surface area contributed by atoms with E-state index >= 15 is 0 Å². The molecule has 1 saturated heterocycles. The summed E-state index contributed by atoms with van der Waals surface area (Å²) in [5.74, 6) is 0.569. The van der Waals surface area contributed by atoms with Gasteiger partial charge in [0.15, 0.2) is 0 Å². The molecule has 1 amide bonds. The third-order valence-electron chi connectivity index (χ3n) is 3.72. The van der Waals surface area contributed by atoms with Crippen LogP contribution >= 0.6 is 15.9 Å². The molecule has 2 N–H and O–H groups in total. The summed E-state index contributed by atoms with van der Waals surface area (Å²) in [6.45, 7) is 3.53. The van der Waals surface area contributed by atoms with Gasteiger partial charge in [-0.2, -0.15) is 0 Å². The number of nitrogens with zero attached hydrogens (tertiary/aromatic N) is 1. The van der Waals surface area contributed by atoms with Crippen LogP contribution in [0.2, 0.25) is 0 Å². The summed E-state index contributed by atoms with van der Waals surface area (Å²) in [5.41, 5.74) is 6.56. The van der Waals surface area contributed by atoms with Crippen molar-refractivity contribution in [3.63, 3.8) is 0 Å². The topological polar surface area (TPSA) is 46.3 Å². The molecule has 1 fully saturated rings. The molecule has 1 aromatic rings. The quantitative estimate of drug-likeness (QED) is 0.913. The summed E-state index contributed by atoms with van der Waals surface area (Å²) >= 11 is 3.44. The number of hydrogen-bond donors (Lipinski definition) is 1. The van der Waals surface area contributed by atoms with Crippen LogP contribution in [-0.4, -0.2) is 29.9 Å². The van der Waals surface area contributed by atoms with Crippen molar-refractivity contribution in [2.24, 2.45) is 11.7 Å². The maximum absolute atomic E-state index is 12.6. The molecule has 0 unspecified atom stereocenters. The second kappa shape index (κ2) is 5.85. The van der Waals surface area contributed by atoms with Gasteiger partial charge in [-0.05, 0) is 46.8 Å². The number of carbonyl (C=O) groups excluding carboxylic acids is 1. The van der Waals surface area contributed by atoms with E-state index in [2.05, 4.69) is 22.9 Å². The largest absolute Gasteiger partial charge is 0.334 e. The van der Waals surface area contributed by atoms with Gasteiger partial charge in [-0.1, -0.05) is 19.1 Å². The van der Waals surface area contributed by atoms with Gasteiger partial charge in [-0.25, -0.2) is 0 Å². The Bertz CT molecular complexity index is 436. The first-order valence-electron chi connectivity index (χ1n) is 6.40. The summed E-state index contributed by atoms with van der Waals surface area (Å²) in [5, 5.41) is 0. The fourth-order valence-electron chi connectivity index (χ4n) is 2.65. The monoisotopic (exact) mass is 310 g/mol. The summed E-state index contributed by atoms with van der Waals surface area (Å²) in [6.07, 6.45) is 2.22. The maximum atomic E-state index is 12.6. The molecule has 2 atom stereocenters. The molecular formula is C14H19BrN2O. The maximum Gasteiger partial charge on any atom is 0.255 e. The van der Waals surface area contributed by atoms with E-state index in [-0.39, 0.29) is 11.9 Å². The van der Waals surface area contributed by atoms with Gasteiger partial charge in [-0.15, -0.1) is 0 Å². The van der Waals surface area contributed by atoms with Gasteiger partial charge in [0, 0.05) is 23.6 Å². The van der Waals surface area contributed by atoms with Gasteiger partial charge in [-0.3, -0.25) is 4.79 Å². The van der Waals surface area contributed by atoms with E-state index in [9.17, 15) is 4.79 Å². The Kier molecular flexibility index (Phi) is 4.40. The zero-order chi connectivity index (χ0) is 13.1. The molecule has 4 heteroatoms. The molecule has 0 spiro atoms. The Hall–Kier alpha value is -0.870. The van der Waals surface area contributed by atoms with Crippen LogP contribution < -0.4 is 5.73 Å². The molecule has 0 aliphatic carbocycles. The molecule has 18 heavy (non-hydrogen) atoms. The molecule has 2 rings (SSSR count). The second-order valence-corrected chi connectivity index (χ2v) is 5.76. The minimum atomic E-state index is 0.0875. The van der Waals surface area contributed by atoms with Gasteiger partial charge < -0.3 is 10.6 Å². The number of rotatable bonds is 2. The highest BCUT2D eigenvalue weighted by molar-refractivity contribution is 9.10. The molecule has 98 valence electrons. The summed E-state index contributed by atoms with van der Waals surface area (Å²) in [6, 6.07) is 7.73. The Labute approximate surface area is 116 Å². The minimum Gasteiger partial charge on any atom is -0.334 e. The number of carbonyl (C=O) groups is 1. The number of piperidine rings is 1. The first kappa shape index (κ1) is 13.6. The van der Waals surface area contributed by atoms with Crippen molar-refractivity contribution in [2.75, 3.05) is 13.1 Å². The lowest BCUT2D eigenvalue weighted by Crippen LogP contribution is -2.51. The molecule has 1 aromatic carbocycles. The van der Waals surface area contributed by atoms with Gasteiger partial charge in [0.2, 0.25) is 0 Å². The van der Waals surface area contributed by atoms with E-state index in [1.54, 1.807) is 0 Å². The third kappa shape index (κ3) is 2.59. The van der Waals surface area contributed by atoms with Gasteiger partial charge >= 0.3 is 0 Å². The molecule has 0 saturated carbocycles. The lowest BCUT2D eigenvalue weighted by Gasteiger charge is -2.39. The predicted octanol–water partition coefficient (Wildman–Crippen LogP) is 2.65.